The molecular formula is C71H114O6. The molecule has 434 valence electrons. The number of esters is 3. The van der Waals surface area contributed by atoms with Crippen molar-refractivity contribution < 1.29 is 28.6 Å². The molecule has 0 amide bonds. The minimum absolute atomic E-state index is 0.112. The Balaban J connectivity index is 4.49. The summed E-state index contributed by atoms with van der Waals surface area (Å²) in [6, 6.07) is 0. The molecule has 6 heteroatoms. The summed E-state index contributed by atoms with van der Waals surface area (Å²) in [6.07, 6.45) is 91.4. The van der Waals surface area contributed by atoms with E-state index in [-0.39, 0.29) is 37.5 Å². The van der Waals surface area contributed by atoms with E-state index >= 15 is 0 Å². The summed E-state index contributed by atoms with van der Waals surface area (Å²) in [5, 5.41) is 0. The summed E-state index contributed by atoms with van der Waals surface area (Å²) in [6.45, 7) is 6.38. The van der Waals surface area contributed by atoms with Crippen LogP contribution in [0.4, 0.5) is 0 Å². The summed E-state index contributed by atoms with van der Waals surface area (Å²) < 4.78 is 16.8. The molecule has 0 saturated carbocycles. The molecule has 0 fully saturated rings. The van der Waals surface area contributed by atoms with Gasteiger partial charge >= 0.3 is 17.9 Å². The molecule has 0 radical (unpaired) electrons. The van der Waals surface area contributed by atoms with Gasteiger partial charge in [-0.1, -0.05) is 256 Å². The summed E-state index contributed by atoms with van der Waals surface area (Å²) in [7, 11) is 0. The van der Waals surface area contributed by atoms with Crippen molar-refractivity contribution in [2.75, 3.05) is 13.2 Å². The number of carbonyl (C=O) groups is 3. The van der Waals surface area contributed by atoms with Crippen LogP contribution < -0.4 is 0 Å². The minimum Gasteiger partial charge on any atom is -0.462 e. The Morgan fingerprint density at radius 1 is 0.273 bits per heavy atom. The SMILES string of the molecule is CC/C=C\C/C=C\C/C=C\C/C=C\C/C=C\C/C=C\C/C=C\CCCC(=O)OCC(COC(=O)CCCCCCC/C=C\C/C=C\CCC)OC(=O)CCCCCCCCCC/C=C\C/C=C\C/C=C\CCCCCCC. The molecule has 0 aliphatic carbocycles. The smallest absolute Gasteiger partial charge is 0.306 e. The second kappa shape index (κ2) is 63.8. The van der Waals surface area contributed by atoms with Crippen molar-refractivity contribution in [2.45, 2.75) is 271 Å². The predicted octanol–water partition coefficient (Wildman–Crippen LogP) is 21.5. The van der Waals surface area contributed by atoms with Crippen LogP contribution in [0.5, 0.6) is 0 Å². The van der Waals surface area contributed by atoms with Gasteiger partial charge in [0.15, 0.2) is 6.10 Å². The van der Waals surface area contributed by atoms with Crippen LogP contribution >= 0.6 is 0 Å². The highest BCUT2D eigenvalue weighted by atomic mass is 16.6. The zero-order valence-corrected chi connectivity index (χ0v) is 49.7. The van der Waals surface area contributed by atoms with Gasteiger partial charge in [-0.25, -0.2) is 0 Å². The Kier molecular flexibility index (Phi) is 59.9. The number of hydrogen-bond acceptors (Lipinski definition) is 6. The van der Waals surface area contributed by atoms with E-state index in [1.54, 1.807) is 0 Å². The molecular weight excluding hydrogens is 949 g/mol. The fourth-order valence-electron chi connectivity index (χ4n) is 8.12. The van der Waals surface area contributed by atoms with Gasteiger partial charge in [-0.15, -0.1) is 0 Å². The molecule has 0 aromatic carbocycles. The second-order valence-corrected chi connectivity index (χ2v) is 20.2. The van der Waals surface area contributed by atoms with Crippen LogP contribution in [-0.2, 0) is 28.6 Å². The summed E-state index contributed by atoms with van der Waals surface area (Å²) in [5.74, 6) is -0.997. The quantitative estimate of drug-likeness (QED) is 0.0261. The van der Waals surface area contributed by atoms with Crippen LogP contribution in [0.1, 0.15) is 265 Å². The Labute approximate surface area is 474 Å². The van der Waals surface area contributed by atoms with Gasteiger partial charge in [0.25, 0.3) is 0 Å². The van der Waals surface area contributed by atoms with Crippen molar-refractivity contribution in [1.82, 2.24) is 0 Å². The average Bonchev–Trinajstić information content (AvgIpc) is 3.43. The van der Waals surface area contributed by atoms with Crippen LogP contribution in [0.2, 0.25) is 0 Å². The molecule has 0 rings (SSSR count). The lowest BCUT2D eigenvalue weighted by Gasteiger charge is -2.18. The lowest BCUT2D eigenvalue weighted by molar-refractivity contribution is -0.167. The van der Waals surface area contributed by atoms with Crippen molar-refractivity contribution in [2.24, 2.45) is 0 Å². The first-order valence-corrected chi connectivity index (χ1v) is 31.3. The highest BCUT2D eigenvalue weighted by molar-refractivity contribution is 5.71. The average molecular weight is 1060 g/mol. The number of allylic oxidation sites excluding steroid dienone is 24. The molecule has 0 aromatic rings. The number of ether oxygens (including phenoxy) is 3. The molecule has 0 aliphatic rings. The first kappa shape index (κ1) is 72.3. The molecule has 0 aliphatic heterocycles. The summed E-state index contributed by atoms with van der Waals surface area (Å²) in [4.78, 5) is 38.3. The van der Waals surface area contributed by atoms with Gasteiger partial charge in [0, 0.05) is 19.3 Å². The molecule has 1 atom stereocenters. The van der Waals surface area contributed by atoms with E-state index in [9.17, 15) is 14.4 Å². The fourth-order valence-corrected chi connectivity index (χ4v) is 8.12. The molecule has 0 heterocycles. The first-order valence-electron chi connectivity index (χ1n) is 31.3. The van der Waals surface area contributed by atoms with E-state index in [1.165, 1.54) is 77.0 Å². The Morgan fingerprint density at radius 3 is 0.896 bits per heavy atom. The lowest BCUT2D eigenvalue weighted by atomic mass is 10.1. The number of rotatable bonds is 55. The minimum atomic E-state index is -0.819. The van der Waals surface area contributed by atoms with Gasteiger partial charge in [0.05, 0.1) is 0 Å². The van der Waals surface area contributed by atoms with E-state index in [4.69, 9.17) is 14.2 Å². The van der Waals surface area contributed by atoms with Crippen LogP contribution in [0.3, 0.4) is 0 Å². The second-order valence-electron chi connectivity index (χ2n) is 20.2. The van der Waals surface area contributed by atoms with Crippen LogP contribution in [0.15, 0.2) is 146 Å². The predicted molar refractivity (Wildman–Crippen MR) is 334 cm³/mol. The van der Waals surface area contributed by atoms with Crippen molar-refractivity contribution in [3.63, 3.8) is 0 Å². The van der Waals surface area contributed by atoms with Gasteiger partial charge in [0.1, 0.15) is 13.2 Å². The maximum absolute atomic E-state index is 12.9. The number of hydrogen-bond donors (Lipinski definition) is 0. The third kappa shape index (κ3) is 62.0. The Morgan fingerprint density at radius 2 is 0.545 bits per heavy atom. The van der Waals surface area contributed by atoms with E-state index in [0.717, 1.165) is 141 Å². The van der Waals surface area contributed by atoms with Crippen LogP contribution in [-0.4, -0.2) is 37.2 Å². The van der Waals surface area contributed by atoms with Gasteiger partial charge in [-0.3, -0.25) is 14.4 Å². The third-order valence-electron chi connectivity index (χ3n) is 12.8. The normalized spacial score (nSPS) is 13.1. The Bertz CT molecular complexity index is 1700. The van der Waals surface area contributed by atoms with Crippen molar-refractivity contribution in [1.29, 1.82) is 0 Å². The van der Waals surface area contributed by atoms with Crippen LogP contribution in [0.25, 0.3) is 0 Å². The van der Waals surface area contributed by atoms with E-state index in [0.29, 0.717) is 19.3 Å². The maximum Gasteiger partial charge on any atom is 0.306 e. The number of carbonyl (C=O) groups excluding carboxylic acids is 3. The maximum atomic E-state index is 12.9. The summed E-state index contributed by atoms with van der Waals surface area (Å²) >= 11 is 0. The van der Waals surface area contributed by atoms with Crippen LogP contribution in [0, 0.1) is 0 Å². The topological polar surface area (TPSA) is 78.9 Å². The van der Waals surface area contributed by atoms with Gasteiger partial charge in [-0.2, -0.15) is 0 Å². The molecule has 77 heavy (non-hydrogen) atoms. The lowest BCUT2D eigenvalue weighted by Crippen LogP contribution is -2.30. The summed E-state index contributed by atoms with van der Waals surface area (Å²) in [5.41, 5.74) is 0. The van der Waals surface area contributed by atoms with Crippen molar-refractivity contribution >= 4 is 17.9 Å². The van der Waals surface area contributed by atoms with E-state index in [2.05, 4.69) is 167 Å². The highest BCUT2D eigenvalue weighted by Gasteiger charge is 2.19. The standard InChI is InChI=1S/C71H114O6/c1-4-7-10-13-16-19-22-25-27-29-31-33-35-37-39-41-43-46-49-52-55-58-61-64-70(73)76-67-68(66-75-69(72)63-60-57-54-51-48-45-24-21-18-15-12-9-6-3)77-71(74)65-62-59-56-53-50-47-44-42-40-38-36-34-32-30-28-26-23-20-17-14-11-8-5-2/h7,10,12,15-16,19,21,23-27,30-33,36-39,43,46,52,55,68H,4-6,8-9,11,13-14,17-18,20,22,28-29,34-35,40-42,44-45,47-51,53-54,56-67H2,1-3H3/b10-7-,15-12-,19-16-,24-21-,26-23-,27-25-,32-30-,33-31-,38-36-,39-37-,46-43-,55-52-. The number of unbranched alkanes of at least 4 members (excludes halogenated alkanes) is 20. The molecule has 0 saturated heterocycles. The zero-order chi connectivity index (χ0) is 55.7. The largest absolute Gasteiger partial charge is 0.462 e. The molecule has 0 aromatic heterocycles. The fraction of sp³-hybridized carbons (Fsp3) is 0.620. The molecule has 6 nitrogen and oxygen atoms in total. The molecule has 0 bridgehead atoms. The van der Waals surface area contributed by atoms with Crippen molar-refractivity contribution in [3.8, 4) is 0 Å². The molecule has 1 unspecified atom stereocenters. The first-order chi connectivity index (χ1) is 38.0. The monoisotopic (exact) mass is 1060 g/mol. The highest BCUT2D eigenvalue weighted by Crippen LogP contribution is 2.14. The third-order valence-corrected chi connectivity index (χ3v) is 12.8. The van der Waals surface area contributed by atoms with Gasteiger partial charge < -0.3 is 14.2 Å². The van der Waals surface area contributed by atoms with E-state index < -0.39 is 6.10 Å². The molecule has 0 spiro atoms. The van der Waals surface area contributed by atoms with Crippen molar-refractivity contribution in [3.05, 3.63) is 146 Å². The zero-order valence-electron chi connectivity index (χ0n) is 49.7. The van der Waals surface area contributed by atoms with Gasteiger partial charge in [0.2, 0.25) is 0 Å². The van der Waals surface area contributed by atoms with Gasteiger partial charge in [-0.05, 0) is 135 Å². The molecule has 0 N–H and O–H groups in total. The Hall–Kier alpha value is -4.71. The van der Waals surface area contributed by atoms with E-state index in [1.807, 2.05) is 0 Å².